The molecule has 3 aromatic carbocycles. The predicted octanol–water partition coefficient (Wildman–Crippen LogP) is 7.42. The molecule has 4 aromatic rings. The van der Waals surface area contributed by atoms with Gasteiger partial charge in [0.15, 0.2) is 6.61 Å². The molecular weight excluding hydrogens is 551 g/mol. The number of benzene rings is 3. The fourth-order valence-electron chi connectivity index (χ4n) is 3.16. The van der Waals surface area contributed by atoms with Crippen LogP contribution in [0.25, 0.3) is 22.2 Å². The lowest BCUT2D eigenvalue weighted by Gasteiger charge is -2.11. The van der Waals surface area contributed by atoms with Crippen LogP contribution in [0.2, 0.25) is 15.1 Å². The first-order valence-electron chi connectivity index (χ1n) is 9.59. The van der Waals surface area contributed by atoms with Crippen molar-refractivity contribution in [2.24, 2.45) is 0 Å². The van der Waals surface area contributed by atoms with Gasteiger partial charge in [0, 0.05) is 26.1 Å². The highest BCUT2D eigenvalue weighted by Gasteiger charge is 2.18. The predicted molar refractivity (Wildman–Crippen MR) is 135 cm³/mol. The summed E-state index contributed by atoms with van der Waals surface area (Å²) >= 11 is 21.7. The van der Waals surface area contributed by atoms with E-state index in [-0.39, 0.29) is 5.56 Å². The van der Waals surface area contributed by atoms with Gasteiger partial charge >= 0.3 is 5.97 Å². The molecule has 0 fully saturated rings. The van der Waals surface area contributed by atoms with Crippen LogP contribution in [0.4, 0.5) is 5.69 Å². The van der Waals surface area contributed by atoms with Gasteiger partial charge in [-0.15, -0.1) is 0 Å². The summed E-state index contributed by atoms with van der Waals surface area (Å²) in [6, 6.07) is 18.7. The molecule has 0 atom stereocenters. The second-order valence-corrected chi connectivity index (χ2v) is 9.05. The highest BCUT2D eigenvalue weighted by molar-refractivity contribution is 9.10. The largest absolute Gasteiger partial charge is 0.452 e. The average Bonchev–Trinajstić information content (AvgIpc) is 2.79. The molecule has 0 unspecified atom stereocenters. The van der Waals surface area contributed by atoms with Gasteiger partial charge in [0.1, 0.15) is 0 Å². The maximum absolute atomic E-state index is 12.9. The van der Waals surface area contributed by atoms with E-state index in [1.165, 1.54) is 0 Å². The van der Waals surface area contributed by atoms with E-state index < -0.39 is 18.5 Å². The Bertz CT molecular complexity index is 1400. The van der Waals surface area contributed by atoms with Crippen LogP contribution in [0.3, 0.4) is 0 Å². The van der Waals surface area contributed by atoms with E-state index in [0.717, 1.165) is 0 Å². The Hall–Kier alpha value is -2.64. The maximum Gasteiger partial charge on any atom is 0.339 e. The fraction of sp³-hybridized carbons (Fsp3) is 0.0417. The van der Waals surface area contributed by atoms with Crippen LogP contribution in [-0.2, 0) is 9.53 Å². The number of hydrogen-bond acceptors (Lipinski definition) is 4. The van der Waals surface area contributed by atoms with Crippen LogP contribution < -0.4 is 5.32 Å². The van der Waals surface area contributed by atoms with Gasteiger partial charge in [0.05, 0.1) is 26.8 Å². The van der Waals surface area contributed by atoms with Crippen molar-refractivity contribution in [3.8, 4) is 11.3 Å². The van der Waals surface area contributed by atoms with Crippen LogP contribution in [0, 0.1) is 0 Å². The third kappa shape index (κ3) is 5.47. The molecule has 1 heterocycles. The van der Waals surface area contributed by atoms with Crippen molar-refractivity contribution in [2.75, 3.05) is 11.9 Å². The normalized spacial score (nSPS) is 10.8. The van der Waals surface area contributed by atoms with Gasteiger partial charge < -0.3 is 10.1 Å². The average molecular weight is 565 g/mol. The molecule has 5 nitrogen and oxygen atoms in total. The van der Waals surface area contributed by atoms with Crippen molar-refractivity contribution in [2.45, 2.75) is 0 Å². The summed E-state index contributed by atoms with van der Waals surface area (Å²) < 4.78 is 5.99. The van der Waals surface area contributed by atoms with Gasteiger partial charge in [-0.05, 0) is 64.5 Å². The SMILES string of the molecule is O=C(COC(=O)c1cc(-c2ccc(Cl)cc2Cl)nc2ccccc12)Nc1ccc(Br)c(Cl)c1. The number of halogens is 4. The smallest absolute Gasteiger partial charge is 0.339 e. The lowest BCUT2D eigenvalue weighted by molar-refractivity contribution is -0.119. The number of fused-ring (bicyclic) bond motifs is 1. The topological polar surface area (TPSA) is 68.3 Å². The Morgan fingerprint density at radius 2 is 1.73 bits per heavy atom. The highest BCUT2D eigenvalue weighted by atomic mass is 79.9. The Balaban J connectivity index is 1.58. The number of carbonyl (C=O) groups is 2. The molecule has 33 heavy (non-hydrogen) atoms. The van der Waals surface area contributed by atoms with E-state index in [4.69, 9.17) is 39.5 Å². The second-order valence-electron chi connectivity index (χ2n) is 6.95. The van der Waals surface area contributed by atoms with Crippen molar-refractivity contribution >= 4 is 79.2 Å². The maximum atomic E-state index is 12.9. The van der Waals surface area contributed by atoms with E-state index in [2.05, 4.69) is 26.2 Å². The van der Waals surface area contributed by atoms with Gasteiger partial charge in [-0.3, -0.25) is 4.79 Å². The van der Waals surface area contributed by atoms with Gasteiger partial charge in [-0.1, -0.05) is 53.0 Å². The van der Waals surface area contributed by atoms with Gasteiger partial charge in [0.2, 0.25) is 0 Å². The van der Waals surface area contributed by atoms with Crippen LogP contribution in [0.15, 0.2) is 71.2 Å². The molecule has 0 aliphatic heterocycles. The number of ether oxygens (including phenoxy) is 1. The summed E-state index contributed by atoms with van der Waals surface area (Å²) in [6.45, 7) is -0.472. The Kier molecular flexibility index (Phi) is 7.20. The number of nitrogens with zero attached hydrogens (tertiary/aromatic N) is 1. The Morgan fingerprint density at radius 3 is 2.48 bits per heavy atom. The number of aromatic nitrogens is 1. The van der Waals surface area contributed by atoms with E-state index in [1.807, 2.05) is 6.07 Å². The standard InChI is InChI=1S/C24H14BrCl3N2O3/c25-18-8-6-14(10-20(18)28)29-23(31)12-33-24(32)17-11-22(16-7-5-13(26)9-19(16)27)30-21-4-2-1-3-15(17)21/h1-11H,12H2,(H,29,31). The minimum absolute atomic E-state index is 0.265. The zero-order valence-corrected chi connectivity index (χ0v) is 20.6. The molecule has 0 aliphatic rings. The first kappa shape index (κ1) is 23.5. The lowest BCUT2D eigenvalue weighted by Crippen LogP contribution is -2.21. The van der Waals surface area contributed by atoms with Crippen molar-refractivity contribution in [3.05, 3.63) is 91.8 Å². The molecule has 0 saturated carbocycles. The summed E-state index contributed by atoms with van der Waals surface area (Å²) in [5, 5.41) is 4.57. The molecule has 9 heteroatoms. The molecule has 166 valence electrons. The van der Waals surface area contributed by atoms with Crippen LogP contribution in [0.5, 0.6) is 0 Å². The third-order valence-electron chi connectivity index (χ3n) is 4.68. The molecule has 1 amide bonds. The number of para-hydroxylation sites is 1. The Labute approximate surface area is 212 Å². The van der Waals surface area contributed by atoms with Crippen molar-refractivity contribution in [1.29, 1.82) is 0 Å². The van der Waals surface area contributed by atoms with E-state index >= 15 is 0 Å². The van der Waals surface area contributed by atoms with Gasteiger partial charge in [0.25, 0.3) is 5.91 Å². The van der Waals surface area contributed by atoms with Gasteiger partial charge in [-0.25, -0.2) is 9.78 Å². The number of rotatable bonds is 5. The molecule has 1 N–H and O–H groups in total. The van der Waals surface area contributed by atoms with Crippen LogP contribution in [0.1, 0.15) is 10.4 Å². The molecular formula is C24H14BrCl3N2O3. The number of carbonyl (C=O) groups excluding carboxylic acids is 2. The van der Waals surface area contributed by atoms with Crippen LogP contribution >= 0.6 is 50.7 Å². The van der Waals surface area contributed by atoms with Crippen molar-refractivity contribution in [3.63, 3.8) is 0 Å². The van der Waals surface area contributed by atoms with Crippen LogP contribution in [-0.4, -0.2) is 23.5 Å². The number of esters is 1. The minimum Gasteiger partial charge on any atom is -0.452 e. The zero-order chi connectivity index (χ0) is 23.5. The zero-order valence-electron chi connectivity index (χ0n) is 16.7. The molecule has 0 radical (unpaired) electrons. The summed E-state index contributed by atoms with van der Waals surface area (Å²) in [7, 11) is 0. The van der Waals surface area contributed by atoms with E-state index in [0.29, 0.717) is 47.4 Å². The summed E-state index contributed by atoms with van der Waals surface area (Å²) in [6.07, 6.45) is 0. The molecule has 0 saturated heterocycles. The first-order chi connectivity index (χ1) is 15.8. The number of pyridine rings is 1. The lowest BCUT2D eigenvalue weighted by atomic mass is 10.0. The number of anilines is 1. The summed E-state index contributed by atoms with van der Waals surface area (Å²) in [4.78, 5) is 29.8. The first-order valence-corrected chi connectivity index (χ1v) is 11.5. The van der Waals surface area contributed by atoms with Crippen molar-refractivity contribution < 1.29 is 14.3 Å². The van der Waals surface area contributed by atoms with E-state index in [9.17, 15) is 9.59 Å². The van der Waals surface area contributed by atoms with Gasteiger partial charge in [-0.2, -0.15) is 0 Å². The fourth-order valence-corrected chi connectivity index (χ4v) is 4.09. The molecule has 0 bridgehead atoms. The number of amides is 1. The van der Waals surface area contributed by atoms with E-state index in [1.54, 1.807) is 60.7 Å². The molecule has 1 aromatic heterocycles. The quantitative estimate of drug-likeness (QED) is 0.256. The number of nitrogens with one attached hydrogen (secondary N) is 1. The number of hydrogen-bond donors (Lipinski definition) is 1. The molecule has 0 aliphatic carbocycles. The minimum atomic E-state index is -0.663. The second kappa shape index (κ2) is 10.1. The Morgan fingerprint density at radius 1 is 0.939 bits per heavy atom. The third-order valence-corrected chi connectivity index (χ3v) is 6.46. The van der Waals surface area contributed by atoms with Crippen molar-refractivity contribution in [1.82, 2.24) is 4.98 Å². The monoisotopic (exact) mass is 562 g/mol. The molecule has 4 rings (SSSR count). The summed E-state index contributed by atoms with van der Waals surface area (Å²) in [5.41, 5.74) is 2.43. The highest BCUT2D eigenvalue weighted by Crippen LogP contribution is 2.32. The molecule has 0 spiro atoms. The summed E-state index contributed by atoms with van der Waals surface area (Å²) in [5.74, 6) is -1.16.